The van der Waals surface area contributed by atoms with E-state index in [0.29, 0.717) is 0 Å². The number of hydrogen-bond donors (Lipinski definition) is 1. The molecular formula is C20H20ClF3N4O. The lowest BCUT2D eigenvalue weighted by Gasteiger charge is -2.20. The van der Waals surface area contributed by atoms with Crippen molar-refractivity contribution in [3.8, 4) is 5.69 Å². The molecule has 29 heavy (non-hydrogen) atoms. The number of aromatic nitrogens is 3. The maximum Gasteiger partial charge on any atom is 0.436 e. The van der Waals surface area contributed by atoms with E-state index >= 15 is 0 Å². The summed E-state index contributed by atoms with van der Waals surface area (Å²) in [5, 5.41) is 5.86. The number of carbonyl (C=O) groups excluding carboxylic acids is 1. The standard InChI is InChI=1S/C20H20ClF3N4O/c1-12(15-7-6-8-16(11-15)27-9-4-5-10-27)25-19(29)14(3)28-13(2)17(21)18(26-28)20(22,23)24/h4-12,14H,1-3H3,(H,25,29). The van der Waals surface area contributed by atoms with Gasteiger partial charge in [0.2, 0.25) is 5.91 Å². The Morgan fingerprint density at radius 3 is 2.41 bits per heavy atom. The van der Waals surface area contributed by atoms with Crippen LogP contribution in [0.2, 0.25) is 5.02 Å². The molecule has 2 aromatic heterocycles. The summed E-state index contributed by atoms with van der Waals surface area (Å²) in [6.07, 6.45) is -0.866. The van der Waals surface area contributed by atoms with Crippen LogP contribution in [0.25, 0.3) is 5.69 Å². The molecule has 0 radical (unpaired) electrons. The van der Waals surface area contributed by atoms with Crippen LogP contribution in [0.1, 0.15) is 42.9 Å². The van der Waals surface area contributed by atoms with Crippen LogP contribution < -0.4 is 5.32 Å². The number of amides is 1. The number of benzene rings is 1. The average Bonchev–Trinajstić information content (AvgIpc) is 3.30. The van der Waals surface area contributed by atoms with Crippen molar-refractivity contribution in [2.24, 2.45) is 0 Å². The Hall–Kier alpha value is -2.74. The molecule has 2 heterocycles. The summed E-state index contributed by atoms with van der Waals surface area (Å²) < 4.78 is 42.0. The highest BCUT2D eigenvalue weighted by Gasteiger charge is 2.39. The minimum atomic E-state index is -4.69. The van der Waals surface area contributed by atoms with Gasteiger partial charge in [-0.05, 0) is 50.6 Å². The van der Waals surface area contributed by atoms with E-state index in [1.807, 2.05) is 60.3 Å². The second kappa shape index (κ2) is 7.94. The molecule has 9 heteroatoms. The largest absolute Gasteiger partial charge is 0.436 e. The molecule has 1 N–H and O–H groups in total. The smallest absolute Gasteiger partial charge is 0.348 e. The number of nitrogens with zero attached hydrogens (tertiary/aromatic N) is 3. The van der Waals surface area contributed by atoms with Gasteiger partial charge in [-0.3, -0.25) is 9.48 Å². The number of nitrogens with one attached hydrogen (secondary N) is 1. The average molecular weight is 425 g/mol. The first-order chi connectivity index (χ1) is 13.6. The quantitative estimate of drug-likeness (QED) is 0.620. The van der Waals surface area contributed by atoms with Crippen LogP contribution in [0.4, 0.5) is 13.2 Å². The lowest BCUT2D eigenvalue weighted by molar-refractivity contribution is -0.141. The van der Waals surface area contributed by atoms with Crippen molar-refractivity contribution in [3.05, 3.63) is 70.8 Å². The maximum absolute atomic E-state index is 13.0. The van der Waals surface area contributed by atoms with Gasteiger partial charge in [-0.2, -0.15) is 18.3 Å². The Morgan fingerprint density at radius 1 is 1.17 bits per heavy atom. The van der Waals surface area contributed by atoms with E-state index in [1.54, 1.807) is 0 Å². The fourth-order valence-corrected chi connectivity index (χ4v) is 3.28. The number of rotatable bonds is 5. The fourth-order valence-electron chi connectivity index (χ4n) is 3.05. The lowest BCUT2D eigenvalue weighted by atomic mass is 10.1. The minimum Gasteiger partial charge on any atom is -0.348 e. The maximum atomic E-state index is 13.0. The van der Waals surface area contributed by atoms with Crippen molar-refractivity contribution in [2.45, 2.75) is 39.0 Å². The first-order valence-corrected chi connectivity index (χ1v) is 9.33. The summed E-state index contributed by atoms with van der Waals surface area (Å²) in [4.78, 5) is 12.7. The molecular weight excluding hydrogens is 405 g/mol. The predicted octanol–water partition coefficient (Wildman–Crippen LogP) is 5.09. The molecule has 0 fully saturated rings. The highest BCUT2D eigenvalue weighted by Crippen LogP contribution is 2.36. The molecule has 0 spiro atoms. The molecule has 0 aliphatic rings. The Balaban J connectivity index is 1.78. The molecule has 0 bridgehead atoms. The van der Waals surface area contributed by atoms with Gasteiger partial charge >= 0.3 is 6.18 Å². The summed E-state index contributed by atoms with van der Waals surface area (Å²) in [5.74, 6) is -0.458. The number of halogens is 4. The van der Waals surface area contributed by atoms with Crippen LogP contribution in [0.15, 0.2) is 48.8 Å². The zero-order chi connectivity index (χ0) is 21.3. The van der Waals surface area contributed by atoms with E-state index in [-0.39, 0.29) is 11.7 Å². The summed E-state index contributed by atoms with van der Waals surface area (Å²) in [7, 11) is 0. The monoisotopic (exact) mass is 424 g/mol. The SMILES string of the molecule is Cc1c(Cl)c(C(F)(F)F)nn1C(C)C(=O)NC(C)c1cccc(-n2cccc2)c1. The topological polar surface area (TPSA) is 51.9 Å². The van der Waals surface area contributed by atoms with Gasteiger partial charge in [0, 0.05) is 18.1 Å². The third-order valence-electron chi connectivity index (χ3n) is 4.72. The third-order valence-corrected chi connectivity index (χ3v) is 5.18. The van der Waals surface area contributed by atoms with Crippen molar-refractivity contribution in [1.29, 1.82) is 0 Å². The third kappa shape index (κ3) is 4.32. The van der Waals surface area contributed by atoms with Gasteiger partial charge in [-0.15, -0.1) is 0 Å². The highest BCUT2D eigenvalue weighted by atomic mass is 35.5. The van der Waals surface area contributed by atoms with E-state index in [2.05, 4.69) is 10.4 Å². The number of carbonyl (C=O) groups is 1. The van der Waals surface area contributed by atoms with Crippen molar-refractivity contribution in [1.82, 2.24) is 19.7 Å². The molecule has 1 aromatic carbocycles. The van der Waals surface area contributed by atoms with E-state index in [1.165, 1.54) is 13.8 Å². The molecule has 1 amide bonds. The minimum absolute atomic E-state index is 0.0869. The molecule has 3 rings (SSSR count). The van der Waals surface area contributed by atoms with Crippen LogP contribution in [-0.4, -0.2) is 20.3 Å². The van der Waals surface area contributed by atoms with Gasteiger partial charge < -0.3 is 9.88 Å². The molecule has 2 atom stereocenters. The molecule has 154 valence electrons. The normalized spacial score (nSPS) is 13.9. The van der Waals surface area contributed by atoms with Gasteiger partial charge in [0.1, 0.15) is 6.04 Å². The molecule has 0 aliphatic heterocycles. The Morgan fingerprint density at radius 2 is 1.83 bits per heavy atom. The molecule has 5 nitrogen and oxygen atoms in total. The zero-order valence-electron chi connectivity index (χ0n) is 16.0. The second-order valence-electron chi connectivity index (χ2n) is 6.78. The fraction of sp³-hybridized carbons (Fsp3) is 0.300. The van der Waals surface area contributed by atoms with Crippen LogP contribution >= 0.6 is 11.6 Å². The zero-order valence-corrected chi connectivity index (χ0v) is 16.8. The van der Waals surface area contributed by atoms with E-state index in [9.17, 15) is 18.0 Å². The molecule has 3 aromatic rings. The van der Waals surface area contributed by atoms with E-state index < -0.39 is 28.8 Å². The first kappa shape index (κ1) is 21.0. The Kier molecular flexibility index (Phi) is 5.75. The van der Waals surface area contributed by atoms with Gasteiger partial charge in [-0.25, -0.2) is 0 Å². The van der Waals surface area contributed by atoms with Crippen molar-refractivity contribution in [3.63, 3.8) is 0 Å². The lowest BCUT2D eigenvalue weighted by Crippen LogP contribution is -2.34. The summed E-state index contributed by atoms with van der Waals surface area (Å²) in [6.45, 7) is 4.69. The van der Waals surface area contributed by atoms with Crippen LogP contribution in [0, 0.1) is 6.92 Å². The summed E-state index contributed by atoms with van der Waals surface area (Å²) in [5.41, 5.74) is 0.696. The summed E-state index contributed by atoms with van der Waals surface area (Å²) in [6, 6.07) is 10.1. The van der Waals surface area contributed by atoms with Crippen LogP contribution in [0.5, 0.6) is 0 Å². The van der Waals surface area contributed by atoms with Gasteiger partial charge in [0.05, 0.1) is 16.8 Å². The number of hydrogen-bond acceptors (Lipinski definition) is 2. The van der Waals surface area contributed by atoms with Crippen LogP contribution in [0.3, 0.4) is 0 Å². The van der Waals surface area contributed by atoms with Gasteiger partial charge in [0.15, 0.2) is 5.69 Å². The Bertz CT molecular complexity index is 1010. The molecule has 2 unspecified atom stereocenters. The van der Waals surface area contributed by atoms with Gasteiger partial charge in [-0.1, -0.05) is 23.7 Å². The van der Waals surface area contributed by atoms with E-state index in [4.69, 9.17) is 11.6 Å². The predicted molar refractivity (Wildman–Crippen MR) is 104 cm³/mol. The van der Waals surface area contributed by atoms with Crippen molar-refractivity contribution in [2.75, 3.05) is 0 Å². The van der Waals surface area contributed by atoms with Crippen LogP contribution in [-0.2, 0) is 11.0 Å². The number of alkyl halides is 3. The molecule has 0 saturated heterocycles. The molecule has 0 aliphatic carbocycles. The molecule has 0 saturated carbocycles. The summed E-state index contributed by atoms with van der Waals surface area (Å²) >= 11 is 5.78. The highest BCUT2D eigenvalue weighted by molar-refractivity contribution is 6.32. The second-order valence-corrected chi connectivity index (χ2v) is 7.16. The van der Waals surface area contributed by atoms with Crippen molar-refractivity contribution < 1.29 is 18.0 Å². The Labute approximate surface area is 171 Å². The first-order valence-electron chi connectivity index (χ1n) is 8.95. The van der Waals surface area contributed by atoms with E-state index in [0.717, 1.165) is 15.9 Å². The van der Waals surface area contributed by atoms with Crippen molar-refractivity contribution >= 4 is 17.5 Å². The van der Waals surface area contributed by atoms with Gasteiger partial charge in [0.25, 0.3) is 0 Å².